The first-order valence-corrected chi connectivity index (χ1v) is 8.43. The van der Waals surface area contributed by atoms with Crippen LogP contribution in [0.15, 0.2) is 71.2 Å². The Morgan fingerprint density at radius 1 is 1.12 bits per heavy atom. The molecule has 0 saturated carbocycles. The second-order valence-electron chi connectivity index (χ2n) is 6.08. The Hall–Kier alpha value is -2.88. The molecule has 0 unspecified atom stereocenters. The quantitative estimate of drug-likeness (QED) is 0.799. The van der Waals surface area contributed by atoms with Gasteiger partial charge in [0.2, 0.25) is 0 Å². The predicted molar refractivity (Wildman–Crippen MR) is 100 cm³/mol. The smallest absolute Gasteiger partial charge is 0.184 e. The van der Waals surface area contributed by atoms with E-state index in [-0.39, 0.29) is 0 Å². The molecule has 126 valence electrons. The summed E-state index contributed by atoms with van der Waals surface area (Å²) >= 11 is 0. The highest BCUT2D eigenvalue weighted by Crippen LogP contribution is 2.44. The summed E-state index contributed by atoms with van der Waals surface area (Å²) in [5.74, 6) is 1.59. The molecule has 4 heteroatoms. The molecule has 2 aromatic rings. The number of aliphatic imine (C=N–C) groups is 2. The zero-order valence-corrected chi connectivity index (χ0v) is 14.2. The molecule has 1 atom stereocenters. The molecule has 4 rings (SSSR count). The van der Waals surface area contributed by atoms with Crippen molar-refractivity contribution in [2.45, 2.75) is 12.0 Å². The molecule has 2 aliphatic heterocycles. The van der Waals surface area contributed by atoms with Crippen molar-refractivity contribution in [1.82, 2.24) is 0 Å². The van der Waals surface area contributed by atoms with E-state index in [2.05, 4.69) is 6.58 Å². The maximum absolute atomic E-state index is 6.60. The molecule has 2 heterocycles. The van der Waals surface area contributed by atoms with Crippen molar-refractivity contribution in [2.75, 3.05) is 20.2 Å². The number of methoxy groups -OCH3 is 1. The molecule has 0 spiro atoms. The van der Waals surface area contributed by atoms with Crippen LogP contribution >= 0.6 is 0 Å². The zero-order valence-electron chi connectivity index (χ0n) is 14.2. The summed E-state index contributed by atoms with van der Waals surface area (Å²) in [6.07, 6.45) is 2.45. The number of benzene rings is 2. The first-order chi connectivity index (χ1) is 12.3. The van der Waals surface area contributed by atoms with Gasteiger partial charge in [0.25, 0.3) is 0 Å². The Bertz CT molecular complexity index is 885. The minimum atomic E-state index is -0.776. The minimum absolute atomic E-state index is 0.583. The van der Waals surface area contributed by atoms with Crippen molar-refractivity contribution in [3.63, 3.8) is 0 Å². The van der Waals surface area contributed by atoms with Crippen molar-refractivity contribution in [2.24, 2.45) is 9.98 Å². The van der Waals surface area contributed by atoms with Crippen LogP contribution in [0.2, 0.25) is 0 Å². The van der Waals surface area contributed by atoms with Gasteiger partial charge in [0.1, 0.15) is 17.2 Å². The summed E-state index contributed by atoms with van der Waals surface area (Å²) in [6.45, 7) is 5.32. The summed E-state index contributed by atoms with van der Waals surface area (Å²) in [7, 11) is 1.68. The van der Waals surface area contributed by atoms with E-state index >= 15 is 0 Å². The maximum atomic E-state index is 6.60. The van der Waals surface area contributed by atoms with Crippen LogP contribution in [0.25, 0.3) is 0 Å². The van der Waals surface area contributed by atoms with E-state index in [1.165, 1.54) is 0 Å². The van der Waals surface area contributed by atoms with E-state index in [4.69, 9.17) is 19.5 Å². The third kappa shape index (κ3) is 2.37. The van der Waals surface area contributed by atoms with Crippen molar-refractivity contribution in [1.29, 1.82) is 0 Å². The molecule has 0 amide bonds. The van der Waals surface area contributed by atoms with Crippen LogP contribution in [0, 0.1) is 0 Å². The van der Waals surface area contributed by atoms with Crippen molar-refractivity contribution >= 4 is 11.4 Å². The fourth-order valence-electron chi connectivity index (χ4n) is 3.60. The summed E-state index contributed by atoms with van der Waals surface area (Å²) in [6, 6.07) is 15.9. The van der Waals surface area contributed by atoms with Crippen molar-refractivity contribution < 1.29 is 9.47 Å². The molecule has 0 N–H and O–H groups in total. The topological polar surface area (TPSA) is 43.2 Å². The molecular weight excluding hydrogens is 312 g/mol. The third-order valence-electron chi connectivity index (χ3n) is 4.65. The predicted octanol–water partition coefficient (Wildman–Crippen LogP) is 3.80. The molecule has 0 aliphatic carbocycles. The summed E-state index contributed by atoms with van der Waals surface area (Å²) in [5, 5.41) is 0. The Morgan fingerprint density at radius 2 is 1.88 bits per heavy atom. The van der Waals surface area contributed by atoms with Crippen LogP contribution in [0.4, 0.5) is 0 Å². The molecule has 0 fully saturated rings. The molecular formula is C21H20N2O2. The van der Waals surface area contributed by atoms with Gasteiger partial charge in [-0.25, -0.2) is 0 Å². The van der Waals surface area contributed by atoms with E-state index < -0.39 is 5.60 Å². The number of nitrogens with zero attached hydrogens (tertiary/aromatic N) is 2. The van der Waals surface area contributed by atoms with Gasteiger partial charge in [-0.1, -0.05) is 36.4 Å². The van der Waals surface area contributed by atoms with Crippen LogP contribution in [-0.4, -0.2) is 31.6 Å². The van der Waals surface area contributed by atoms with Gasteiger partial charge in [-0.15, -0.1) is 6.58 Å². The van der Waals surface area contributed by atoms with Crippen molar-refractivity contribution in [3.05, 3.63) is 72.3 Å². The second kappa shape index (κ2) is 6.20. The van der Waals surface area contributed by atoms with Gasteiger partial charge in [-0.3, -0.25) is 9.98 Å². The van der Waals surface area contributed by atoms with Crippen LogP contribution in [0.3, 0.4) is 0 Å². The Kier molecular flexibility index (Phi) is 3.88. The molecule has 0 saturated heterocycles. The standard InChI is InChI=1S/C21H20N2O2/c1-3-12-21(16-9-5-7-11-18(16)24-2)20-19(22-13-14-23-20)15-8-4-6-10-17(15)25-21/h3-11H,1,12-14H2,2H3/t21-/m0/s1. The van der Waals surface area contributed by atoms with Crippen LogP contribution in [-0.2, 0) is 5.60 Å². The maximum Gasteiger partial charge on any atom is 0.184 e. The first kappa shape index (κ1) is 15.6. The molecule has 2 aliphatic rings. The summed E-state index contributed by atoms with van der Waals surface area (Å²) in [5.41, 5.74) is 2.94. The normalized spacial score (nSPS) is 21.2. The number of para-hydroxylation sites is 2. The number of hydrogen-bond donors (Lipinski definition) is 0. The Labute approximate surface area is 147 Å². The summed E-state index contributed by atoms with van der Waals surface area (Å²) in [4.78, 5) is 9.61. The van der Waals surface area contributed by atoms with E-state index in [1.807, 2.05) is 54.6 Å². The first-order valence-electron chi connectivity index (χ1n) is 8.43. The number of ether oxygens (including phenoxy) is 2. The molecule has 2 aromatic carbocycles. The number of fused-ring (bicyclic) bond motifs is 3. The lowest BCUT2D eigenvalue weighted by atomic mass is 9.78. The van der Waals surface area contributed by atoms with Crippen LogP contribution in [0.5, 0.6) is 11.5 Å². The fraction of sp³-hybridized carbons (Fsp3) is 0.238. The van der Waals surface area contributed by atoms with Gasteiger partial charge < -0.3 is 9.47 Å². The van der Waals surface area contributed by atoms with Gasteiger partial charge in [-0.2, -0.15) is 0 Å². The number of rotatable bonds is 4. The van der Waals surface area contributed by atoms with E-state index in [0.29, 0.717) is 19.5 Å². The van der Waals surface area contributed by atoms with E-state index in [0.717, 1.165) is 34.0 Å². The second-order valence-corrected chi connectivity index (χ2v) is 6.08. The molecule has 0 radical (unpaired) electrons. The highest BCUT2D eigenvalue weighted by Gasteiger charge is 2.48. The van der Waals surface area contributed by atoms with Crippen LogP contribution in [0.1, 0.15) is 17.5 Å². The lowest BCUT2D eigenvalue weighted by Crippen LogP contribution is -2.50. The molecule has 0 bridgehead atoms. The van der Waals surface area contributed by atoms with Gasteiger partial charge in [0.15, 0.2) is 5.60 Å². The average molecular weight is 332 g/mol. The van der Waals surface area contributed by atoms with Gasteiger partial charge in [-0.05, 0) is 18.2 Å². The van der Waals surface area contributed by atoms with E-state index in [1.54, 1.807) is 7.11 Å². The highest BCUT2D eigenvalue weighted by molar-refractivity contribution is 6.52. The SMILES string of the molecule is C=CC[C@@]1(c2ccccc2OC)Oc2ccccc2C2=NCCN=C21. The monoisotopic (exact) mass is 332 g/mol. The highest BCUT2D eigenvalue weighted by atomic mass is 16.5. The molecule has 4 nitrogen and oxygen atoms in total. The number of hydrogen-bond acceptors (Lipinski definition) is 4. The Morgan fingerprint density at radius 3 is 2.72 bits per heavy atom. The third-order valence-corrected chi connectivity index (χ3v) is 4.65. The fourth-order valence-corrected chi connectivity index (χ4v) is 3.60. The molecule has 25 heavy (non-hydrogen) atoms. The lowest BCUT2D eigenvalue weighted by molar-refractivity contribution is 0.138. The van der Waals surface area contributed by atoms with E-state index in [9.17, 15) is 0 Å². The largest absolute Gasteiger partial charge is 0.496 e. The van der Waals surface area contributed by atoms with Crippen molar-refractivity contribution in [3.8, 4) is 11.5 Å². The van der Waals surface area contributed by atoms with Gasteiger partial charge in [0.05, 0.1) is 25.9 Å². The van der Waals surface area contributed by atoms with Crippen LogP contribution < -0.4 is 9.47 Å². The average Bonchev–Trinajstić information content (AvgIpc) is 2.68. The zero-order chi connectivity index (χ0) is 17.3. The van der Waals surface area contributed by atoms with Gasteiger partial charge in [0, 0.05) is 17.5 Å². The minimum Gasteiger partial charge on any atom is -0.496 e. The van der Waals surface area contributed by atoms with Gasteiger partial charge >= 0.3 is 0 Å². The lowest BCUT2D eigenvalue weighted by Gasteiger charge is -2.41. The summed E-state index contributed by atoms with van der Waals surface area (Å²) < 4.78 is 12.2. The molecule has 0 aromatic heterocycles. The Balaban J connectivity index is 2.01.